The van der Waals surface area contributed by atoms with Crippen LogP contribution >= 0.6 is 11.8 Å². The van der Waals surface area contributed by atoms with Gasteiger partial charge in [0.25, 0.3) is 0 Å². The van der Waals surface area contributed by atoms with Crippen LogP contribution in [0.4, 0.5) is 5.69 Å². The molecule has 1 aromatic rings. The lowest BCUT2D eigenvalue weighted by Gasteiger charge is -2.37. The van der Waals surface area contributed by atoms with Gasteiger partial charge in [-0.1, -0.05) is 18.2 Å². The van der Waals surface area contributed by atoms with Crippen LogP contribution in [0, 0.1) is 0 Å². The fourth-order valence-electron chi connectivity index (χ4n) is 3.46. The van der Waals surface area contributed by atoms with Crippen molar-refractivity contribution in [2.45, 2.75) is 6.92 Å². The number of nitrogens with one attached hydrogen (secondary N) is 1. The summed E-state index contributed by atoms with van der Waals surface area (Å²) in [7, 11) is -3.21. The zero-order valence-corrected chi connectivity index (χ0v) is 18.2. The topological polar surface area (TPSA) is 68.2 Å². The zero-order valence-electron chi connectivity index (χ0n) is 16.6. The Hall–Kier alpha value is -1.45. The molecule has 1 N–H and O–H groups in total. The minimum atomic E-state index is -3.21. The third-order valence-corrected chi connectivity index (χ3v) is 7.80. The maximum atomic E-state index is 12.5. The summed E-state index contributed by atoms with van der Waals surface area (Å²) in [5, 5.41) is 3.32. The number of aliphatic imine (C=N–C) groups is 1. The van der Waals surface area contributed by atoms with Crippen molar-refractivity contribution in [3.05, 3.63) is 30.3 Å². The summed E-state index contributed by atoms with van der Waals surface area (Å²) >= 11 is 1.81. The van der Waals surface area contributed by atoms with Gasteiger partial charge in [0.1, 0.15) is 0 Å². The van der Waals surface area contributed by atoms with Crippen LogP contribution in [0.25, 0.3) is 0 Å². The summed E-state index contributed by atoms with van der Waals surface area (Å²) in [6.45, 7) is 7.96. The van der Waals surface area contributed by atoms with Crippen LogP contribution in [0.5, 0.6) is 0 Å². The summed E-state index contributed by atoms with van der Waals surface area (Å²) in [4.78, 5) is 9.22. The minimum Gasteiger partial charge on any atom is -0.368 e. The second kappa shape index (κ2) is 10.4. The molecule has 0 atom stereocenters. The third-order valence-electron chi connectivity index (χ3n) is 5.01. The summed E-state index contributed by atoms with van der Waals surface area (Å²) < 4.78 is 26.6. The summed E-state index contributed by atoms with van der Waals surface area (Å²) in [6, 6.07) is 10.4. The van der Waals surface area contributed by atoms with Gasteiger partial charge in [-0.2, -0.15) is 11.8 Å². The molecule has 2 heterocycles. The first-order valence-electron chi connectivity index (χ1n) is 9.99. The molecule has 2 fully saturated rings. The minimum absolute atomic E-state index is 0.0799. The lowest BCUT2D eigenvalue weighted by molar-refractivity contribution is 0.373. The van der Waals surface area contributed by atoms with Gasteiger partial charge >= 0.3 is 0 Å². The first kappa shape index (κ1) is 21.3. The van der Waals surface area contributed by atoms with Crippen molar-refractivity contribution in [1.82, 2.24) is 14.5 Å². The first-order chi connectivity index (χ1) is 13.6. The lowest BCUT2D eigenvalue weighted by atomic mass is 10.2. The second-order valence-electron chi connectivity index (χ2n) is 6.87. The van der Waals surface area contributed by atoms with Gasteiger partial charge in [-0.25, -0.2) is 12.7 Å². The van der Waals surface area contributed by atoms with Gasteiger partial charge in [-0.15, -0.1) is 0 Å². The Labute approximate surface area is 173 Å². The third kappa shape index (κ3) is 5.78. The Kier molecular flexibility index (Phi) is 7.87. The SMILES string of the molecule is CCNC(=NCCS(=O)(=O)N1CCSCC1)N1CCN(c2ccccc2)CC1. The zero-order chi connectivity index (χ0) is 19.8. The highest BCUT2D eigenvalue weighted by Gasteiger charge is 2.24. The summed E-state index contributed by atoms with van der Waals surface area (Å²) in [6.07, 6.45) is 0. The Morgan fingerprint density at radius 1 is 1.07 bits per heavy atom. The van der Waals surface area contributed by atoms with Crippen LogP contribution in [0.2, 0.25) is 0 Å². The van der Waals surface area contributed by atoms with E-state index in [1.54, 1.807) is 4.31 Å². The molecule has 2 aliphatic heterocycles. The molecule has 7 nitrogen and oxygen atoms in total. The van der Waals surface area contributed by atoms with E-state index in [9.17, 15) is 8.42 Å². The van der Waals surface area contributed by atoms with Crippen LogP contribution in [0.3, 0.4) is 0 Å². The maximum Gasteiger partial charge on any atom is 0.215 e. The fourth-order valence-corrected chi connectivity index (χ4v) is 5.92. The van der Waals surface area contributed by atoms with Crippen LogP contribution in [0.1, 0.15) is 6.92 Å². The van der Waals surface area contributed by atoms with Gasteiger partial charge in [-0.3, -0.25) is 4.99 Å². The Bertz CT molecular complexity index is 728. The van der Waals surface area contributed by atoms with Gasteiger partial charge in [-0.05, 0) is 19.1 Å². The van der Waals surface area contributed by atoms with Crippen LogP contribution < -0.4 is 10.2 Å². The highest BCUT2D eigenvalue weighted by Crippen LogP contribution is 2.16. The van der Waals surface area contributed by atoms with Crippen LogP contribution in [0.15, 0.2) is 35.3 Å². The normalized spacial score (nSPS) is 19.7. The standard InChI is InChI=1S/C19H31N5O2S2/c1-2-20-19(21-8-17-28(25,26)24-13-15-27-16-14-24)23-11-9-22(10-12-23)18-6-4-3-5-7-18/h3-7H,2,8-17H2,1H3,(H,20,21). The quantitative estimate of drug-likeness (QED) is 0.545. The van der Waals surface area contributed by atoms with Gasteiger partial charge in [0.2, 0.25) is 10.0 Å². The van der Waals surface area contributed by atoms with Gasteiger partial charge in [0, 0.05) is 63.0 Å². The molecule has 0 radical (unpaired) electrons. The average molecular weight is 426 g/mol. The smallest absolute Gasteiger partial charge is 0.215 e. The van der Waals surface area contributed by atoms with E-state index >= 15 is 0 Å². The molecule has 0 saturated carbocycles. The number of anilines is 1. The van der Waals surface area contributed by atoms with Crippen molar-refractivity contribution in [2.75, 3.05) is 74.5 Å². The first-order valence-corrected chi connectivity index (χ1v) is 12.8. The number of rotatable bonds is 6. The van der Waals surface area contributed by atoms with Crippen molar-refractivity contribution < 1.29 is 8.42 Å². The van der Waals surface area contributed by atoms with Gasteiger partial charge < -0.3 is 15.1 Å². The molecule has 2 aliphatic rings. The summed E-state index contributed by atoms with van der Waals surface area (Å²) in [5.41, 5.74) is 1.25. The maximum absolute atomic E-state index is 12.5. The Balaban J connectivity index is 1.54. The largest absolute Gasteiger partial charge is 0.368 e. The monoisotopic (exact) mass is 425 g/mol. The molecule has 2 saturated heterocycles. The molecule has 0 bridgehead atoms. The molecular formula is C19H31N5O2S2. The second-order valence-corrected chi connectivity index (χ2v) is 10.2. The van der Waals surface area contributed by atoms with E-state index in [1.807, 2.05) is 24.8 Å². The van der Waals surface area contributed by atoms with Crippen molar-refractivity contribution in [3.8, 4) is 0 Å². The Morgan fingerprint density at radius 2 is 1.75 bits per heavy atom. The molecule has 3 rings (SSSR count). The molecule has 0 aliphatic carbocycles. The van der Waals surface area contributed by atoms with E-state index in [4.69, 9.17) is 0 Å². The van der Waals surface area contributed by atoms with Crippen molar-refractivity contribution in [3.63, 3.8) is 0 Å². The van der Waals surface area contributed by atoms with E-state index in [2.05, 4.69) is 44.4 Å². The van der Waals surface area contributed by atoms with Crippen LogP contribution in [-0.2, 0) is 10.0 Å². The number of piperazine rings is 1. The predicted octanol–water partition coefficient (Wildman–Crippen LogP) is 1.15. The molecule has 1 aromatic carbocycles. The number of guanidine groups is 1. The van der Waals surface area contributed by atoms with Crippen LogP contribution in [-0.4, -0.2) is 93.2 Å². The number of benzene rings is 1. The summed E-state index contributed by atoms with van der Waals surface area (Å²) in [5.74, 6) is 2.67. The number of para-hydroxylation sites is 1. The number of hydrogen-bond acceptors (Lipinski definition) is 5. The van der Waals surface area contributed by atoms with Gasteiger partial charge in [0.05, 0.1) is 12.3 Å². The van der Waals surface area contributed by atoms with E-state index in [0.29, 0.717) is 19.6 Å². The Morgan fingerprint density at radius 3 is 2.39 bits per heavy atom. The molecule has 0 unspecified atom stereocenters. The predicted molar refractivity (Wildman–Crippen MR) is 119 cm³/mol. The molecular weight excluding hydrogens is 394 g/mol. The van der Waals surface area contributed by atoms with Crippen molar-refractivity contribution >= 4 is 33.4 Å². The number of hydrogen-bond donors (Lipinski definition) is 1. The van der Waals surface area contributed by atoms with E-state index < -0.39 is 10.0 Å². The molecule has 9 heteroatoms. The molecule has 28 heavy (non-hydrogen) atoms. The highest BCUT2D eigenvalue weighted by atomic mass is 32.2. The van der Waals surface area contributed by atoms with Gasteiger partial charge in [0.15, 0.2) is 5.96 Å². The molecule has 0 spiro atoms. The van der Waals surface area contributed by atoms with E-state index in [0.717, 1.165) is 50.2 Å². The molecule has 0 amide bonds. The molecule has 0 aromatic heterocycles. The van der Waals surface area contributed by atoms with E-state index in [-0.39, 0.29) is 5.75 Å². The number of sulfonamides is 1. The number of nitrogens with zero attached hydrogens (tertiary/aromatic N) is 4. The molecule has 156 valence electrons. The average Bonchev–Trinajstić information content (AvgIpc) is 2.74. The van der Waals surface area contributed by atoms with Crippen molar-refractivity contribution in [2.24, 2.45) is 4.99 Å². The van der Waals surface area contributed by atoms with E-state index in [1.165, 1.54) is 5.69 Å². The fraction of sp³-hybridized carbons (Fsp3) is 0.632. The lowest BCUT2D eigenvalue weighted by Crippen LogP contribution is -2.52. The highest BCUT2D eigenvalue weighted by molar-refractivity contribution is 7.99. The van der Waals surface area contributed by atoms with Crippen molar-refractivity contribution in [1.29, 1.82) is 0 Å². The number of thioether (sulfide) groups is 1.